The maximum atomic E-state index is 6.40. The molecule has 1 aliphatic rings. The van der Waals surface area contributed by atoms with Crippen molar-refractivity contribution in [2.24, 2.45) is 23.0 Å². The average molecular weight is 261 g/mol. The van der Waals surface area contributed by atoms with Gasteiger partial charge in [0.2, 0.25) is 0 Å². The Morgan fingerprint density at radius 3 is 2.74 bits per heavy atom. The molecule has 3 unspecified atom stereocenters. The van der Waals surface area contributed by atoms with Crippen LogP contribution in [0, 0.1) is 17.3 Å². The highest BCUT2D eigenvalue weighted by atomic mass is 14.8. The Morgan fingerprint density at radius 1 is 1.37 bits per heavy atom. The van der Waals surface area contributed by atoms with E-state index in [0.717, 1.165) is 24.3 Å². The molecule has 0 aromatic carbocycles. The van der Waals surface area contributed by atoms with E-state index in [2.05, 4.69) is 31.8 Å². The summed E-state index contributed by atoms with van der Waals surface area (Å²) in [5.74, 6) is 2.00. The third-order valence-electron chi connectivity index (χ3n) is 4.74. The van der Waals surface area contributed by atoms with Crippen LogP contribution in [0.1, 0.15) is 45.6 Å². The van der Waals surface area contributed by atoms with Gasteiger partial charge in [-0.25, -0.2) is 4.98 Å². The van der Waals surface area contributed by atoms with Crippen molar-refractivity contribution in [3.63, 3.8) is 0 Å². The lowest BCUT2D eigenvalue weighted by molar-refractivity contribution is 0.113. The lowest BCUT2D eigenvalue weighted by atomic mass is 9.64. The highest BCUT2D eigenvalue weighted by molar-refractivity contribution is 5.39. The summed E-state index contributed by atoms with van der Waals surface area (Å²) in [6, 6.07) is 4.36. The smallest absolute Gasteiger partial charge is 0.126 e. The van der Waals surface area contributed by atoms with Crippen LogP contribution in [0.3, 0.4) is 0 Å². The molecule has 1 aromatic heterocycles. The topological polar surface area (TPSA) is 64.9 Å². The number of nitrogen functional groups attached to an aromatic ring is 1. The van der Waals surface area contributed by atoms with Gasteiger partial charge in [-0.05, 0) is 48.1 Å². The molecule has 19 heavy (non-hydrogen) atoms. The van der Waals surface area contributed by atoms with E-state index in [0.29, 0.717) is 17.8 Å². The lowest BCUT2D eigenvalue weighted by Crippen LogP contribution is -2.44. The van der Waals surface area contributed by atoms with Crippen LogP contribution in [-0.4, -0.2) is 11.0 Å². The number of hydrogen-bond donors (Lipinski definition) is 2. The van der Waals surface area contributed by atoms with E-state index in [1.54, 1.807) is 6.20 Å². The number of nitrogens with zero attached hydrogens (tertiary/aromatic N) is 1. The van der Waals surface area contributed by atoms with Gasteiger partial charge in [0.05, 0.1) is 0 Å². The third kappa shape index (κ3) is 3.27. The molecule has 0 bridgehead atoms. The minimum Gasteiger partial charge on any atom is -0.383 e. The van der Waals surface area contributed by atoms with Crippen molar-refractivity contribution in [1.82, 2.24) is 4.98 Å². The molecule has 106 valence electrons. The number of nitrogens with two attached hydrogens (primary N) is 2. The van der Waals surface area contributed by atoms with Crippen LogP contribution in [0.25, 0.3) is 0 Å². The number of aromatic nitrogens is 1. The molecule has 0 saturated heterocycles. The molecular formula is C16H27N3. The van der Waals surface area contributed by atoms with Crippen molar-refractivity contribution in [2.75, 3.05) is 5.73 Å². The molecule has 3 nitrogen and oxygen atoms in total. The zero-order chi connectivity index (χ0) is 14.0. The number of hydrogen-bond acceptors (Lipinski definition) is 3. The van der Waals surface area contributed by atoms with Crippen LogP contribution < -0.4 is 11.5 Å². The first kappa shape index (κ1) is 14.3. The van der Waals surface area contributed by atoms with Crippen LogP contribution in [0.4, 0.5) is 5.82 Å². The predicted molar refractivity (Wildman–Crippen MR) is 80.6 cm³/mol. The highest BCUT2D eigenvalue weighted by Crippen LogP contribution is 2.41. The Kier molecular flexibility index (Phi) is 4.14. The Balaban J connectivity index is 2.12. The van der Waals surface area contributed by atoms with E-state index >= 15 is 0 Å². The molecule has 4 N–H and O–H groups in total. The zero-order valence-corrected chi connectivity index (χ0v) is 12.4. The maximum Gasteiger partial charge on any atom is 0.126 e. The minimum atomic E-state index is 0.177. The maximum absolute atomic E-state index is 6.40. The largest absolute Gasteiger partial charge is 0.383 e. The van der Waals surface area contributed by atoms with E-state index in [1.165, 1.54) is 12.8 Å². The zero-order valence-electron chi connectivity index (χ0n) is 12.4. The average Bonchev–Trinajstić information content (AvgIpc) is 2.31. The first-order chi connectivity index (χ1) is 8.90. The first-order valence-electron chi connectivity index (χ1n) is 7.35. The van der Waals surface area contributed by atoms with Gasteiger partial charge in [0.25, 0.3) is 0 Å². The summed E-state index contributed by atoms with van der Waals surface area (Å²) in [6.07, 6.45) is 6.38. The quantitative estimate of drug-likeness (QED) is 0.879. The number of rotatable bonds is 3. The molecule has 1 fully saturated rings. The Bertz CT molecular complexity index is 428. The van der Waals surface area contributed by atoms with Crippen molar-refractivity contribution in [2.45, 2.75) is 52.5 Å². The monoisotopic (exact) mass is 261 g/mol. The van der Waals surface area contributed by atoms with Gasteiger partial charge in [-0.1, -0.05) is 33.3 Å². The van der Waals surface area contributed by atoms with Crippen molar-refractivity contribution in [1.29, 1.82) is 0 Å². The fourth-order valence-electron chi connectivity index (χ4n) is 3.62. The van der Waals surface area contributed by atoms with Crippen molar-refractivity contribution >= 4 is 5.82 Å². The van der Waals surface area contributed by atoms with E-state index < -0.39 is 0 Å². The summed E-state index contributed by atoms with van der Waals surface area (Å²) >= 11 is 0. The standard InChI is InChI=1S/C16H27N3/c1-11-6-7-13(14(17)9-11)16(2,3)10-12-5-4-8-19-15(12)18/h4-5,8,11,13-14H,6-7,9-10,17H2,1-3H3,(H2,18,19). The fraction of sp³-hybridized carbons (Fsp3) is 0.688. The molecule has 3 atom stereocenters. The van der Waals surface area contributed by atoms with E-state index in [9.17, 15) is 0 Å². The van der Waals surface area contributed by atoms with Gasteiger partial charge in [-0.2, -0.15) is 0 Å². The van der Waals surface area contributed by atoms with Crippen LogP contribution in [0.5, 0.6) is 0 Å². The van der Waals surface area contributed by atoms with Crippen molar-refractivity contribution in [3.8, 4) is 0 Å². The summed E-state index contributed by atoms with van der Waals surface area (Å²) in [7, 11) is 0. The van der Waals surface area contributed by atoms with Crippen LogP contribution in [0.15, 0.2) is 18.3 Å². The molecule has 1 aliphatic carbocycles. The Hall–Kier alpha value is -1.09. The third-order valence-corrected chi connectivity index (χ3v) is 4.74. The number of anilines is 1. The summed E-state index contributed by atoms with van der Waals surface area (Å²) < 4.78 is 0. The first-order valence-corrected chi connectivity index (χ1v) is 7.35. The Labute approximate surface area is 116 Å². The predicted octanol–water partition coefficient (Wildman–Crippen LogP) is 3.00. The minimum absolute atomic E-state index is 0.177. The van der Waals surface area contributed by atoms with Crippen molar-refractivity contribution < 1.29 is 0 Å². The SMILES string of the molecule is CC1CCC(C(C)(C)Cc2cccnc2N)C(N)C1. The molecule has 1 aromatic rings. The molecule has 3 heteroatoms. The molecule has 0 aliphatic heterocycles. The summed E-state index contributed by atoms with van der Waals surface area (Å²) in [5.41, 5.74) is 13.7. The molecule has 0 spiro atoms. The van der Waals surface area contributed by atoms with Gasteiger partial charge in [0.1, 0.15) is 5.82 Å². The van der Waals surface area contributed by atoms with Gasteiger partial charge in [-0.3, -0.25) is 0 Å². The lowest BCUT2D eigenvalue weighted by Gasteiger charge is -2.43. The fourth-order valence-corrected chi connectivity index (χ4v) is 3.62. The molecule has 1 saturated carbocycles. The van der Waals surface area contributed by atoms with Gasteiger partial charge < -0.3 is 11.5 Å². The van der Waals surface area contributed by atoms with Crippen LogP contribution in [0.2, 0.25) is 0 Å². The molecule has 2 rings (SSSR count). The Morgan fingerprint density at radius 2 is 2.11 bits per heavy atom. The van der Waals surface area contributed by atoms with E-state index in [1.807, 2.05) is 6.07 Å². The highest BCUT2D eigenvalue weighted by Gasteiger charge is 2.37. The summed E-state index contributed by atoms with van der Waals surface area (Å²) in [4.78, 5) is 4.19. The normalized spacial score (nSPS) is 28.3. The van der Waals surface area contributed by atoms with Gasteiger partial charge in [0.15, 0.2) is 0 Å². The van der Waals surface area contributed by atoms with E-state index in [-0.39, 0.29) is 5.41 Å². The number of pyridine rings is 1. The summed E-state index contributed by atoms with van der Waals surface area (Å²) in [5, 5.41) is 0. The van der Waals surface area contributed by atoms with Crippen molar-refractivity contribution in [3.05, 3.63) is 23.9 Å². The molecule has 0 amide bonds. The van der Waals surface area contributed by atoms with Crippen LogP contribution in [-0.2, 0) is 6.42 Å². The second-order valence-electron chi connectivity index (χ2n) is 6.90. The van der Waals surface area contributed by atoms with Gasteiger partial charge in [0, 0.05) is 12.2 Å². The van der Waals surface area contributed by atoms with Gasteiger partial charge >= 0.3 is 0 Å². The molecule has 0 radical (unpaired) electrons. The van der Waals surface area contributed by atoms with Gasteiger partial charge in [-0.15, -0.1) is 0 Å². The summed E-state index contributed by atoms with van der Waals surface area (Å²) in [6.45, 7) is 6.95. The second-order valence-corrected chi connectivity index (χ2v) is 6.90. The second kappa shape index (κ2) is 5.49. The van der Waals surface area contributed by atoms with E-state index in [4.69, 9.17) is 11.5 Å². The molecular weight excluding hydrogens is 234 g/mol. The molecule has 1 heterocycles. The van der Waals surface area contributed by atoms with Crippen LogP contribution >= 0.6 is 0 Å².